The van der Waals surface area contributed by atoms with Crippen molar-refractivity contribution in [3.63, 3.8) is 0 Å². The van der Waals surface area contributed by atoms with E-state index in [9.17, 15) is 17.8 Å². The largest absolute Gasteiger partial charge is 1.00 e. The van der Waals surface area contributed by atoms with Crippen molar-refractivity contribution >= 4 is 15.9 Å². The second-order valence-corrected chi connectivity index (χ2v) is 5.26. The maximum Gasteiger partial charge on any atom is 1.00 e. The molecular formula is C10H9NaO4S. The van der Waals surface area contributed by atoms with E-state index in [1.165, 1.54) is 0 Å². The third-order valence-electron chi connectivity index (χ3n) is 2.59. The summed E-state index contributed by atoms with van der Waals surface area (Å²) in [6.45, 7) is 0. The average molecular weight is 248 g/mol. The fraction of sp³-hybridized carbons (Fsp3) is 0.300. The summed E-state index contributed by atoms with van der Waals surface area (Å²) in [5, 5.41) is -1.10. The van der Waals surface area contributed by atoms with E-state index < -0.39 is 15.4 Å². The Labute approximate surface area is 116 Å². The van der Waals surface area contributed by atoms with E-state index in [4.69, 9.17) is 0 Å². The summed E-state index contributed by atoms with van der Waals surface area (Å²) in [5.41, 5.74) is 1.19. The molecule has 0 aromatic heterocycles. The molecule has 2 rings (SSSR count). The summed E-state index contributed by atoms with van der Waals surface area (Å²) < 4.78 is 32.5. The molecule has 0 saturated heterocycles. The number of benzene rings is 1. The molecule has 4 nitrogen and oxygen atoms in total. The van der Waals surface area contributed by atoms with Gasteiger partial charge in [0.25, 0.3) is 0 Å². The Kier molecular flexibility index (Phi) is 4.31. The van der Waals surface area contributed by atoms with Gasteiger partial charge in [-0.15, -0.1) is 0 Å². The third kappa shape index (κ3) is 2.73. The molecule has 0 bridgehead atoms. The monoisotopic (exact) mass is 248 g/mol. The van der Waals surface area contributed by atoms with Crippen molar-refractivity contribution in [2.75, 3.05) is 0 Å². The molecule has 1 aromatic carbocycles. The topological polar surface area (TPSA) is 74.3 Å². The first kappa shape index (κ1) is 13.9. The molecule has 1 unspecified atom stereocenters. The van der Waals surface area contributed by atoms with E-state index >= 15 is 0 Å². The van der Waals surface area contributed by atoms with Gasteiger partial charge in [0.05, 0.1) is 15.4 Å². The Balaban J connectivity index is 0.00000128. The summed E-state index contributed by atoms with van der Waals surface area (Å²) in [4.78, 5) is 11.5. The Hall–Kier alpha value is -0.200. The molecule has 0 saturated carbocycles. The van der Waals surface area contributed by atoms with Crippen molar-refractivity contribution in [1.29, 1.82) is 0 Å². The van der Waals surface area contributed by atoms with Crippen LogP contribution < -0.4 is 29.6 Å². The van der Waals surface area contributed by atoms with Crippen LogP contribution in [0.1, 0.15) is 22.3 Å². The number of hydrogen-bond donors (Lipinski definition) is 0. The summed E-state index contributed by atoms with van der Waals surface area (Å²) in [6.07, 6.45) is -0.0450. The number of rotatable bonds is 1. The van der Waals surface area contributed by atoms with Crippen LogP contribution in [-0.4, -0.2) is 24.0 Å². The Morgan fingerprint density at radius 3 is 2.44 bits per heavy atom. The Morgan fingerprint density at radius 2 is 1.81 bits per heavy atom. The van der Waals surface area contributed by atoms with Crippen LogP contribution in [0.4, 0.5) is 0 Å². The molecule has 16 heavy (non-hydrogen) atoms. The molecule has 0 radical (unpaired) electrons. The van der Waals surface area contributed by atoms with Gasteiger partial charge in [0.15, 0.2) is 5.78 Å². The molecule has 0 heterocycles. The van der Waals surface area contributed by atoms with Gasteiger partial charge in [-0.05, 0) is 12.0 Å². The predicted octanol–water partition coefficient (Wildman–Crippen LogP) is -2.27. The predicted molar refractivity (Wildman–Crippen MR) is 52.6 cm³/mol. The minimum Gasteiger partial charge on any atom is -0.748 e. The van der Waals surface area contributed by atoms with Gasteiger partial charge in [0.2, 0.25) is 0 Å². The van der Waals surface area contributed by atoms with E-state index in [-0.39, 0.29) is 48.2 Å². The standard InChI is InChI=1S/C10H10O4S.Na/c11-10-6-8(15(12,13)14)5-7-3-1-2-4-9(7)10;/h1-4,8H,5-6H2,(H,12,13,14);/q;+1/p-1. The smallest absolute Gasteiger partial charge is 0.748 e. The molecule has 1 aliphatic carbocycles. The summed E-state index contributed by atoms with van der Waals surface area (Å²) >= 11 is 0. The Bertz CT molecular complexity index is 509. The number of fused-ring (bicyclic) bond motifs is 1. The minimum atomic E-state index is -4.37. The third-order valence-corrected chi connectivity index (χ3v) is 3.74. The van der Waals surface area contributed by atoms with Gasteiger partial charge < -0.3 is 4.55 Å². The van der Waals surface area contributed by atoms with Crippen molar-refractivity contribution in [2.24, 2.45) is 0 Å². The van der Waals surface area contributed by atoms with Gasteiger partial charge in [-0.1, -0.05) is 24.3 Å². The van der Waals surface area contributed by atoms with Crippen LogP contribution in [0.25, 0.3) is 0 Å². The van der Waals surface area contributed by atoms with Crippen LogP contribution in [0.2, 0.25) is 0 Å². The van der Waals surface area contributed by atoms with Crippen LogP contribution in [0.3, 0.4) is 0 Å². The van der Waals surface area contributed by atoms with Gasteiger partial charge in [0.1, 0.15) is 0 Å². The zero-order chi connectivity index (χ0) is 11.1. The fourth-order valence-electron chi connectivity index (χ4n) is 1.81. The van der Waals surface area contributed by atoms with Crippen molar-refractivity contribution in [2.45, 2.75) is 18.1 Å². The number of carbonyl (C=O) groups excluding carboxylic acids is 1. The van der Waals surface area contributed by atoms with Gasteiger partial charge in [-0.3, -0.25) is 4.79 Å². The van der Waals surface area contributed by atoms with E-state index in [0.29, 0.717) is 11.1 Å². The zero-order valence-electron chi connectivity index (χ0n) is 8.84. The molecule has 1 aliphatic rings. The fourth-order valence-corrected chi connectivity index (χ4v) is 2.55. The summed E-state index contributed by atoms with van der Waals surface area (Å²) in [6, 6.07) is 6.80. The second kappa shape index (κ2) is 4.98. The van der Waals surface area contributed by atoms with Gasteiger partial charge in [-0.25, -0.2) is 8.42 Å². The molecule has 6 heteroatoms. The van der Waals surface area contributed by atoms with Crippen LogP contribution >= 0.6 is 0 Å². The van der Waals surface area contributed by atoms with E-state index in [2.05, 4.69) is 0 Å². The first-order valence-corrected chi connectivity index (χ1v) is 6.01. The minimum absolute atomic E-state index is 0. The average Bonchev–Trinajstić information content (AvgIpc) is 2.16. The normalized spacial score (nSPS) is 19.8. The van der Waals surface area contributed by atoms with Crippen LogP contribution in [0.5, 0.6) is 0 Å². The second-order valence-electron chi connectivity index (χ2n) is 3.60. The van der Waals surface area contributed by atoms with E-state index in [1.54, 1.807) is 24.3 Å². The zero-order valence-corrected chi connectivity index (χ0v) is 11.7. The number of Topliss-reactive ketones (excluding diaryl/α,β-unsaturated/α-hetero) is 1. The number of ketones is 1. The van der Waals surface area contributed by atoms with Gasteiger partial charge in [0, 0.05) is 12.0 Å². The maximum atomic E-state index is 11.5. The molecule has 0 fully saturated rings. The quantitative estimate of drug-likeness (QED) is 0.415. The molecule has 0 N–H and O–H groups in total. The summed E-state index contributed by atoms with van der Waals surface area (Å²) in [7, 11) is -4.37. The molecule has 0 aliphatic heterocycles. The van der Waals surface area contributed by atoms with E-state index in [0.717, 1.165) is 0 Å². The molecule has 1 atom stereocenters. The van der Waals surface area contributed by atoms with E-state index in [1.807, 2.05) is 0 Å². The first-order valence-electron chi connectivity index (χ1n) is 4.54. The van der Waals surface area contributed by atoms with Crippen molar-refractivity contribution in [3.05, 3.63) is 35.4 Å². The molecule has 0 amide bonds. The summed E-state index contributed by atoms with van der Waals surface area (Å²) in [5.74, 6) is -0.263. The molecule has 0 spiro atoms. The Morgan fingerprint density at radius 1 is 1.19 bits per heavy atom. The van der Waals surface area contributed by atoms with Gasteiger partial charge >= 0.3 is 29.6 Å². The first-order chi connectivity index (χ1) is 6.98. The van der Waals surface area contributed by atoms with Crippen molar-refractivity contribution in [1.82, 2.24) is 0 Å². The molecule has 80 valence electrons. The van der Waals surface area contributed by atoms with Crippen LogP contribution in [0, 0.1) is 0 Å². The maximum absolute atomic E-state index is 11.5. The number of hydrogen-bond acceptors (Lipinski definition) is 4. The van der Waals surface area contributed by atoms with Crippen molar-refractivity contribution < 1.29 is 47.3 Å². The van der Waals surface area contributed by atoms with Gasteiger partial charge in [-0.2, -0.15) is 0 Å². The van der Waals surface area contributed by atoms with Crippen LogP contribution in [0.15, 0.2) is 24.3 Å². The SMILES string of the molecule is O=C1CC(S(=O)(=O)[O-])Cc2ccccc21.[Na+]. The molecule has 1 aromatic rings. The van der Waals surface area contributed by atoms with Crippen molar-refractivity contribution in [3.8, 4) is 0 Å². The van der Waals surface area contributed by atoms with Crippen LogP contribution in [-0.2, 0) is 16.5 Å². The molecular weight excluding hydrogens is 239 g/mol. The number of carbonyl (C=O) groups is 1.